The van der Waals surface area contributed by atoms with Gasteiger partial charge in [0.1, 0.15) is 0 Å². The first-order valence-electron chi connectivity index (χ1n) is 11.1. The smallest absolute Gasteiger partial charge is 0.305 e. The van der Waals surface area contributed by atoms with Crippen LogP contribution >= 0.6 is 0 Å². The molecule has 2 heterocycles. The molecule has 0 spiro atoms. The third kappa shape index (κ3) is 5.65. The van der Waals surface area contributed by atoms with Crippen molar-refractivity contribution in [3.05, 3.63) is 72.3 Å². The van der Waals surface area contributed by atoms with Crippen molar-refractivity contribution >= 4 is 23.2 Å². The Kier molecular flexibility index (Phi) is 7.02. The molecule has 0 radical (unpaired) electrons. The van der Waals surface area contributed by atoms with Gasteiger partial charge in [-0.1, -0.05) is 42.5 Å². The van der Waals surface area contributed by atoms with Gasteiger partial charge in [-0.15, -0.1) is 0 Å². The summed E-state index contributed by atoms with van der Waals surface area (Å²) in [7, 11) is 1.46. The number of hydrogen-bond acceptors (Lipinski definition) is 6. The Hall–Kier alpha value is -3.38. The van der Waals surface area contributed by atoms with Crippen molar-refractivity contribution in [3.8, 4) is 11.3 Å². The number of likely N-dealkylation sites (tertiary alicyclic amines) is 1. The molecule has 1 aromatic heterocycles. The lowest BCUT2D eigenvalue weighted by molar-refractivity contribution is -0.142. The van der Waals surface area contributed by atoms with E-state index < -0.39 is 0 Å². The number of carbonyl (C=O) groups is 1. The molecule has 2 aromatic carbocycles. The van der Waals surface area contributed by atoms with Gasteiger partial charge in [-0.25, -0.2) is 4.98 Å². The molecule has 1 aliphatic rings. The molecule has 1 aliphatic heterocycles. The van der Waals surface area contributed by atoms with Crippen molar-refractivity contribution in [2.45, 2.75) is 25.8 Å². The van der Waals surface area contributed by atoms with E-state index in [1.54, 1.807) is 0 Å². The number of carbonyl (C=O) groups excluding carboxylic acids is 1. The van der Waals surface area contributed by atoms with Gasteiger partial charge in [-0.3, -0.25) is 9.69 Å². The SMILES string of the molecule is COC(=O)CC1CCN(Cc2ccc(Nc3nc(-c4ccccc4)ccc3N)cc2)CC1. The third-order valence-corrected chi connectivity index (χ3v) is 6.01. The molecule has 1 saturated heterocycles. The van der Waals surface area contributed by atoms with Gasteiger partial charge in [0, 0.05) is 24.2 Å². The van der Waals surface area contributed by atoms with E-state index in [1.165, 1.54) is 12.7 Å². The Morgan fingerprint density at radius 2 is 1.78 bits per heavy atom. The minimum absolute atomic E-state index is 0.101. The number of rotatable bonds is 7. The molecule has 32 heavy (non-hydrogen) atoms. The molecule has 4 rings (SSSR count). The summed E-state index contributed by atoms with van der Waals surface area (Å²) in [6.07, 6.45) is 2.61. The fraction of sp³-hybridized carbons (Fsp3) is 0.308. The summed E-state index contributed by atoms with van der Waals surface area (Å²) in [6, 6.07) is 22.3. The maximum absolute atomic E-state index is 11.5. The molecule has 0 unspecified atom stereocenters. The van der Waals surface area contributed by atoms with E-state index >= 15 is 0 Å². The van der Waals surface area contributed by atoms with E-state index in [2.05, 4.69) is 34.5 Å². The molecule has 6 nitrogen and oxygen atoms in total. The molecule has 0 atom stereocenters. The number of nitrogens with zero attached hydrogens (tertiary/aromatic N) is 2. The van der Waals surface area contributed by atoms with Crippen LogP contribution in [0.25, 0.3) is 11.3 Å². The molecular weight excluding hydrogens is 400 g/mol. The fourth-order valence-corrected chi connectivity index (χ4v) is 4.10. The minimum Gasteiger partial charge on any atom is -0.469 e. The molecule has 0 bridgehead atoms. The van der Waals surface area contributed by atoms with Crippen LogP contribution in [0, 0.1) is 5.92 Å². The van der Waals surface area contributed by atoms with E-state index in [1.807, 2.05) is 42.5 Å². The van der Waals surface area contributed by atoms with Crippen LogP contribution in [0.3, 0.4) is 0 Å². The van der Waals surface area contributed by atoms with Crippen molar-refractivity contribution < 1.29 is 9.53 Å². The summed E-state index contributed by atoms with van der Waals surface area (Å²) in [4.78, 5) is 18.6. The van der Waals surface area contributed by atoms with E-state index in [0.29, 0.717) is 23.8 Å². The predicted molar refractivity (Wildman–Crippen MR) is 128 cm³/mol. The molecule has 1 fully saturated rings. The molecule has 6 heteroatoms. The highest BCUT2D eigenvalue weighted by molar-refractivity contribution is 5.73. The average molecular weight is 431 g/mol. The second-order valence-corrected chi connectivity index (χ2v) is 8.32. The van der Waals surface area contributed by atoms with Gasteiger partial charge in [-0.05, 0) is 61.7 Å². The van der Waals surface area contributed by atoms with Crippen LogP contribution in [0.15, 0.2) is 66.7 Å². The van der Waals surface area contributed by atoms with E-state index in [-0.39, 0.29) is 5.97 Å². The van der Waals surface area contributed by atoms with Crippen LogP contribution < -0.4 is 11.1 Å². The van der Waals surface area contributed by atoms with Crippen LogP contribution in [-0.4, -0.2) is 36.1 Å². The molecule has 3 N–H and O–H groups in total. The zero-order valence-electron chi connectivity index (χ0n) is 18.5. The summed E-state index contributed by atoms with van der Waals surface area (Å²) in [5.74, 6) is 0.998. The van der Waals surface area contributed by atoms with Crippen molar-refractivity contribution in [1.82, 2.24) is 9.88 Å². The van der Waals surface area contributed by atoms with Crippen LogP contribution in [0.5, 0.6) is 0 Å². The topological polar surface area (TPSA) is 80.5 Å². The largest absolute Gasteiger partial charge is 0.469 e. The van der Waals surface area contributed by atoms with Gasteiger partial charge in [0.05, 0.1) is 18.5 Å². The molecule has 0 amide bonds. The highest BCUT2D eigenvalue weighted by atomic mass is 16.5. The first kappa shape index (κ1) is 21.8. The summed E-state index contributed by atoms with van der Waals surface area (Å²) >= 11 is 0. The summed E-state index contributed by atoms with van der Waals surface area (Å²) in [6.45, 7) is 2.93. The maximum Gasteiger partial charge on any atom is 0.305 e. The van der Waals surface area contributed by atoms with Crippen LogP contribution in [-0.2, 0) is 16.1 Å². The monoisotopic (exact) mass is 430 g/mol. The number of hydrogen-bond donors (Lipinski definition) is 2. The van der Waals surface area contributed by atoms with E-state index in [0.717, 1.165) is 49.4 Å². The zero-order valence-corrected chi connectivity index (χ0v) is 18.5. The van der Waals surface area contributed by atoms with Gasteiger partial charge < -0.3 is 15.8 Å². The van der Waals surface area contributed by atoms with Crippen molar-refractivity contribution in [2.75, 3.05) is 31.2 Å². The molecule has 0 aliphatic carbocycles. The minimum atomic E-state index is -0.101. The number of nitrogens with two attached hydrogens (primary N) is 1. The van der Waals surface area contributed by atoms with E-state index in [4.69, 9.17) is 15.5 Å². The predicted octanol–water partition coefficient (Wildman–Crippen LogP) is 4.85. The second-order valence-electron chi connectivity index (χ2n) is 8.32. The quantitative estimate of drug-likeness (QED) is 0.522. The number of methoxy groups -OCH3 is 1. The first-order chi connectivity index (χ1) is 15.6. The Morgan fingerprint density at radius 1 is 1.06 bits per heavy atom. The fourth-order valence-electron chi connectivity index (χ4n) is 4.10. The summed E-state index contributed by atoms with van der Waals surface area (Å²) in [5, 5.41) is 3.35. The number of benzene rings is 2. The van der Waals surface area contributed by atoms with Gasteiger partial charge >= 0.3 is 5.97 Å². The second kappa shape index (κ2) is 10.3. The number of nitrogen functional groups attached to an aromatic ring is 1. The normalized spacial score (nSPS) is 14.8. The lowest BCUT2D eigenvalue weighted by atomic mass is 9.93. The lowest BCUT2D eigenvalue weighted by Crippen LogP contribution is -2.34. The molecule has 0 saturated carbocycles. The standard InChI is InChI=1S/C26H30N4O2/c1-32-25(31)17-19-13-15-30(16-14-19)18-20-7-9-22(10-8-20)28-26-23(27)11-12-24(29-26)21-5-3-2-4-6-21/h2-12,19H,13-18,27H2,1H3,(H,28,29). The Bertz CT molecular complexity index is 1030. The zero-order chi connectivity index (χ0) is 22.3. The number of ether oxygens (including phenoxy) is 1. The highest BCUT2D eigenvalue weighted by Crippen LogP contribution is 2.27. The van der Waals surface area contributed by atoms with E-state index in [9.17, 15) is 4.79 Å². The van der Waals surface area contributed by atoms with Gasteiger partial charge in [0.15, 0.2) is 5.82 Å². The number of anilines is 3. The van der Waals surface area contributed by atoms with Crippen molar-refractivity contribution in [1.29, 1.82) is 0 Å². The number of pyridine rings is 1. The van der Waals surface area contributed by atoms with Crippen LogP contribution in [0.4, 0.5) is 17.2 Å². The number of piperidine rings is 1. The highest BCUT2D eigenvalue weighted by Gasteiger charge is 2.21. The summed E-state index contributed by atoms with van der Waals surface area (Å²) < 4.78 is 4.79. The van der Waals surface area contributed by atoms with Gasteiger partial charge in [0.2, 0.25) is 0 Å². The molecule has 3 aromatic rings. The van der Waals surface area contributed by atoms with Crippen LogP contribution in [0.1, 0.15) is 24.8 Å². The average Bonchev–Trinajstić information content (AvgIpc) is 2.83. The van der Waals surface area contributed by atoms with Gasteiger partial charge in [-0.2, -0.15) is 0 Å². The third-order valence-electron chi connectivity index (χ3n) is 6.01. The van der Waals surface area contributed by atoms with Crippen molar-refractivity contribution in [3.63, 3.8) is 0 Å². The summed E-state index contributed by atoms with van der Waals surface area (Å²) in [5.41, 5.74) is 10.9. The number of aromatic nitrogens is 1. The van der Waals surface area contributed by atoms with Crippen molar-refractivity contribution in [2.24, 2.45) is 5.92 Å². The Balaban J connectivity index is 1.34. The van der Waals surface area contributed by atoms with Crippen LogP contribution in [0.2, 0.25) is 0 Å². The first-order valence-corrected chi connectivity index (χ1v) is 11.1. The van der Waals surface area contributed by atoms with Gasteiger partial charge in [0.25, 0.3) is 0 Å². The number of nitrogens with one attached hydrogen (secondary N) is 1. The molecular formula is C26H30N4O2. The molecule has 166 valence electrons. The lowest BCUT2D eigenvalue weighted by Gasteiger charge is -2.31. The maximum atomic E-state index is 11.5. The Morgan fingerprint density at radius 3 is 2.47 bits per heavy atom. The number of esters is 1. The Labute approximate surface area is 189 Å².